The fourth-order valence-corrected chi connectivity index (χ4v) is 2.78. The number of hydrogen-bond acceptors (Lipinski definition) is 5. The van der Waals surface area contributed by atoms with E-state index in [2.05, 4.69) is 5.32 Å². The molecule has 1 aliphatic heterocycles. The third-order valence-corrected chi connectivity index (χ3v) is 4.38. The van der Waals surface area contributed by atoms with Crippen molar-refractivity contribution in [3.8, 4) is 0 Å². The number of carbonyl (C=O) groups excluding carboxylic acids is 3. The minimum Gasteiger partial charge on any atom is -0.273 e. The molecule has 8 nitrogen and oxygen atoms in total. The van der Waals surface area contributed by atoms with Crippen molar-refractivity contribution in [3.05, 3.63) is 74.3 Å². The Morgan fingerprint density at radius 1 is 1.15 bits per heavy atom. The fraction of sp³-hybridized carbons (Fsp3) is 0.0556. The molecule has 0 aliphatic carbocycles. The van der Waals surface area contributed by atoms with Crippen LogP contribution in [0.2, 0.25) is 5.02 Å². The zero-order valence-corrected chi connectivity index (χ0v) is 14.7. The van der Waals surface area contributed by atoms with Crippen LogP contribution in [0.3, 0.4) is 0 Å². The van der Waals surface area contributed by atoms with Crippen LogP contribution in [0.15, 0.2) is 48.0 Å². The van der Waals surface area contributed by atoms with Crippen molar-refractivity contribution in [1.82, 2.24) is 5.32 Å². The summed E-state index contributed by atoms with van der Waals surface area (Å²) in [5.74, 6) is -1.73. The van der Waals surface area contributed by atoms with Crippen molar-refractivity contribution in [2.45, 2.75) is 6.92 Å². The Balaban J connectivity index is 2.06. The second kappa shape index (κ2) is 7.00. The SMILES string of the molecule is Cc1c(Cl)cccc1N1C(=O)NC(=O)/C(=C\c2cccc([N+](=O)[O-])c2)C1=O. The number of urea groups is 1. The van der Waals surface area contributed by atoms with Crippen molar-refractivity contribution in [2.75, 3.05) is 4.90 Å². The van der Waals surface area contributed by atoms with Gasteiger partial charge in [0.2, 0.25) is 0 Å². The van der Waals surface area contributed by atoms with E-state index in [4.69, 9.17) is 11.6 Å². The summed E-state index contributed by atoms with van der Waals surface area (Å²) in [5.41, 5.74) is 0.495. The molecule has 0 atom stereocenters. The molecule has 1 heterocycles. The van der Waals surface area contributed by atoms with Gasteiger partial charge in [-0.25, -0.2) is 9.69 Å². The van der Waals surface area contributed by atoms with Gasteiger partial charge < -0.3 is 0 Å². The molecule has 1 saturated heterocycles. The van der Waals surface area contributed by atoms with Crippen LogP contribution in [0.5, 0.6) is 0 Å². The van der Waals surface area contributed by atoms with Crippen LogP contribution < -0.4 is 10.2 Å². The number of carbonyl (C=O) groups is 3. The number of nitro benzene ring substituents is 1. The Morgan fingerprint density at radius 3 is 2.56 bits per heavy atom. The number of amides is 4. The average Bonchev–Trinajstić information content (AvgIpc) is 2.62. The summed E-state index contributed by atoms with van der Waals surface area (Å²) < 4.78 is 0. The van der Waals surface area contributed by atoms with E-state index in [-0.39, 0.29) is 22.5 Å². The molecule has 0 radical (unpaired) electrons. The topological polar surface area (TPSA) is 110 Å². The van der Waals surface area contributed by atoms with Crippen molar-refractivity contribution >= 4 is 46.9 Å². The van der Waals surface area contributed by atoms with Gasteiger partial charge in [-0.15, -0.1) is 0 Å². The predicted octanol–water partition coefficient (Wildman–Crippen LogP) is 3.22. The highest BCUT2D eigenvalue weighted by atomic mass is 35.5. The lowest BCUT2D eigenvalue weighted by Gasteiger charge is -2.27. The van der Waals surface area contributed by atoms with Crippen LogP contribution in [-0.4, -0.2) is 22.8 Å². The predicted molar refractivity (Wildman–Crippen MR) is 98.3 cm³/mol. The summed E-state index contributed by atoms with van der Waals surface area (Å²) in [7, 11) is 0. The van der Waals surface area contributed by atoms with Crippen LogP contribution in [0.25, 0.3) is 6.08 Å². The van der Waals surface area contributed by atoms with E-state index in [1.807, 2.05) is 0 Å². The molecule has 1 fully saturated rings. The van der Waals surface area contributed by atoms with Crippen molar-refractivity contribution in [3.63, 3.8) is 0 Å². The molecule has 136 valence electrons. The van der Waals surface area contributed by atoms with Crippen LogP contribution in [0, 0.1) is 17.0 Å². The Kier molecular flexibility index (Phi) is 4.74. The number of nitrogens with zero attached hydrogens (tertiary/aromatic N) is 2. The smallest absolute Gasteiger partial charge is 0.273 e. The molecule has 9 heteroatoms. The number of anilines is 1. The van der Waals surface area contributed by atoms with Gasteiger partial charge in [0, 0.05) is 17.2 Å². The zero-order chi connectivity index (χ0) is 19.7. The average molecular weight is 386 g/mol. The van der Waals surface area contributed by atoms with Crippen LogP contribution in [0.1, 0.15) is 11.1 Å². The molecule has 0 spiro atoms. The van der Waals surface area contributed by atoms with Crippen molar-refractivity contribution in [1.29, 1.82) is 0 Å². The quantitative estimate of drug-likeness (QED) is 0.377. The number of imide groups is 2. The second-order valence-electron chi connectivity index (χ2n) is 5.69. The number of nitrogens with one attached hydrogen (secondary N) is 1. The lowest BCUT2D eigenvalue weighted by Crippen LogP contribution is -2.54. The molecule has 1 aliphatic rings. The van der Waals surface area contributed by atoms with Gasteiger partial charge in [0.15, 0.2) is 0 Å². The van der Waals surface area contributed by atoms with Gasteiger partial charge in [-0.05, 0) is 36.3 Å². The molecule has 0 saturated carbocycles. The standard InChI is InChI=1S/C18H12ClN3O5/c1-10-14(19)6-3-7-15(10)21-17(24)13(16(23)20-18(21)25)9-11-4-2-5-12(8-11)22(26)27/h2-9H,1H3,(H,20,23,25)/b13-9+. The number of benzene rings is 2. The van der Waals surface area contributed by atoms with Gasteiger partial charge in [-0.2, -0.15) is 0 Å². The Labute approximate surface area is 158 Å². The van der Waals surface area contributed by atoms with Gasteiger partial charge in [0.05, 0.1) is 10.6 Å². The maximum Gasteiger partial charge on any atom is 0.335 e. The first-order chi connectivity index (χ1) is 12.8. The number of barbiturate groups is 1. The molecule has 2 aromatic rings. The number of hydrogen-bond donors (Lipinski definition) is 1. The van der Waals surface area contributed by atoms with Gasteiger partial charge >= 0.3 is 6.03 Å². The van der Waals surface area contributed by atoms with Crippen LogP contribution in [-0.2, 0) is 9.59 Å². The molecule has 1 N–H and O–H groups in total. The Bertz CT molecular complexity index is 1030. The van der Waals surface area contributed by atoms with E-state index in [0.717, 1.165) is 4.90 Å². The number of rotatable bonds is 3. The summed E-state index contributed by atoms with van der Waals surface area (Å²) in [6, 6.07) is 9.26. The van der Waals surface area contributed by atoms with Gasteiger partial charge in [-0.3, -0.25) is 25.0 Å². The second-order valence-corrected chi connectivity index (χ2v) is 6.10. The normalized spacial score (nSPS) is 15.9. The number of halogens is 1. The maximum absolute atomic E-state index is 12.8. The first kappa shape index (κ1) is 18.3. The fourth-order valence-electron chi connectivity index (χ4n) is 2.61. The molecule has 0 aromatic heterocycles. The Morgan fingerprint density at radius 2 is 1.85 bits per heavy atom. The highest BCUT2D eigenvalue weighted by Gasteiger charge is 2.37. The minimum atomic E-state index is -0.897. The van der Waals surface area contributed by atoms with Crippen LogP contribution >= 0.6 is 11.6 Å². The first-order valence-corrected chi connectivity index (χ1v) is 8.08. The minimum absolute atomic E-state index is 0.188. The molecular weight excluding hydrogens is 374 g/mol. The van der Waals surface area contributed by atoms with E-state index in [1.54, 1.807) is 19.1 Å². The van der Waals surface area contributed by atoms with E-state index < -0.39 is 22.8 Å². The van der Waals surface area contributed by atoms with E-state index >= 15 is 0 Å². The number of non-ortho nitro benzene ring substituents is 1. The molecule has 4 amide bonds. The first-order valence-electron chi connectivity index (χ1n) is 7.70. The molecular formula is C18H12ClN3O5. The lowest BCUT2D eigenvalue weighted by atomic mass is 10.1. The third kappa shape index (κ3) is 3.42. The Hall–Kier alpha value is -3.52. The molecule has 2 aromatic carbocycles. The molecule has 3 rings (SSSR count). The molecule has 0 bridgehead atoms. The van der Waals surface area contributed by atoms with Crippen molar-refractivity contribution < 1.29 is 19.3 Å². The summed E-state index contributed by atoms with van der Waals surface area (Å²) in [6.45, 7) is 1.64. The van der Waals surface area contributed by atoms with E-state index in [0.29, 0.717) is 10.6 Å². The summed E-state index contributed by atoms with van der Waals surface area (Å²) in [6.07, 6.45) is 1.20. The van der Waals surface area contributed by atoms with Crippen molar-refractivity contribution in [2.24, 2.45) is 0 Å². The van der Waals surface area contributed by atoms with Gasteiger partial charge in [-0.1, -0.05) is 29.8 Å². The van der Waals surface area contributed by atoms with Crippen LogP contribution in [0.4, 0.5) is 16.2 Å². The largest absolute Gasteiger partial charge is 0.335 e. The van der Waals surface area contributed by atoms with Gasteiger partial charge in [0.1, 0.15) is 5.57 Å². The summed E-state index contributed by atoms with van der Waals surface area (Å²) >= 11 is 6.06. The third-order valence-electron chi connectivity index (χ3n) is 3.97. The monoisotopic (exact) mass is 385 g/mol. The maximum atomic E-state index is 12.8. The van der Waals surface area contributed by atoms with Gasteiger partial charge in [0.25, 0.3) is 17.5 Å². The molecule has 0 unspecified atom stereocenters. The highest BCUT2D eigenvalue weighted by Crippen LogP contribution is 2.29. The summed E-state index contributed by atoms with van der Waals surface area (Å²) in [5, 5.41) is 13.3. The highest BCUT2D eigenvalue weighted by molar-refractivity contribution is 6.39. The number of nitro groups is 1. The zero-order valence-electron chi connectivity index (χ0n) is 13.9. The lowest BCUT2D eigenvalue weighted by molar-refractivity contribution is -0.384. The summed E-state index contributed by atoms with van der Waals surface area (Å²) in [4.78, 5) is 48.3. The van der Waals surface area contributed by atoms with E-state index in [9.17, 15) is 24.5 Å². The van der Waals surface area contributed by atoms with E-state index in [1.165, 1.54) is 36.4 Å². The molecule has 27 heavy (non-hydrogen) atoms.